The summed E-state index contributed by atoms with van der Waals surface area (Å²) in [6.45, 7) is 2.93. The topological polar surface area (TPSA) is 79.5 Å². The standard InChI is InChI=1S/C11H22N4O2S2/c1-5-6-7-8-15(4)11-9(10(12)13-18-11)19(16,17)14(2)3/h5-8H2,1-4H3,(H2,12,13). The minimum absolute atomic E-state index is 0.0797. The summed E-state index contributed by atoms with van der Waals surface area (Å²) in [7, 11) is 1.30. The number of unbranched alkanes of at least 4 members (excludes halogenated alkanes) is 2. The second kappa shape index (κ2) is 6.53. The molecule has 110 valence electrons. The molecule has 0 fully saturated rings. The number of nitrogens with two attached hydrogens (primary N) is 1. The Labute approximate surface area is 119 Å². The van der Waals surface area contributed by atoms with E-state index in [4.69, 9.17) is 5.73 Å². The molecule has 0 bridgehead atoms. The van der Waals surface area contributed by atoms with Gasteiger partial charge in [0.2, 0.25) is 10.0 Å². The van der Waals surface area contributed by atoms with E-state index in [1.54, 1.807) is 0 Å². The summed E-state index contributed by atoms with van der Waals surface area (Å²) < 4.78 is 29.7. The second-order valence-corrected chi connectivity index (χ2v) is 7.46. The van der Waals surface area contributed by atoms with Crippen molar-refractivity contribution in [2.75, 3.05) is 38.3 Å². The highest BCUT2D eigenvalue weighted by Gasteiger charge is 2.29. The van der Waals surface area contributed by atoms with Gasteiger partial charge in [-0.05, 0) is 18.0 Å². The van der Waals surface area contributed by atoms with E-state index in [-0.39, 0.29) is 10.7 Å². The van der Waals surface area contributed by atoms with Crippen molar-refractivity contribution in [3.63, 3.8) is 0 Å². The van der Waals surface area contributed by atoms with Crippen LogP contribution in [0, 0.1) is 0 Å². The molecule has 8 heteroatoms. The van der Waals surface area contributed by atoms with Crippen LogP contribution >= 0.6 is 11.5 Å². The molecule has 2 N–H and O–H groups in total. The Morgan fingerprint density at radius 3 is 2.42 bits per heavy atom. The summed E-state index contributed by atoms with van der Waals surface area (Å²) in [4.78, 5) is 2.04. The van der Waals surface area contributed by atoms with Crippen LogP contribution in [0.15, 0.2) is 4.90 Å². The number of rotatable bonds is 7. The van der Waals surface area contributed by atoms with Gasteiger partial charge in [-0.1, -0.05) is 19.8 Å². The highest BCUT2D eigenvalue weighted by molar-refractivity contribution is 7.89. The number of sulfonamides is 1. The van der Waals surface area contributed by atoms with Crippen molar-refractivity contribution in [2.24, 2.45) is 0 Å². The van der Waals surface area contributed by atoms with E-state index in [0.717, 1.165) is 41.6 Å². The van der Waals surface area contributed by atoms with Crippen LogP contribution in [0.25, 0.3) is 0 Å². The summed E-state index contributed by atoms with van der Waals surface area (Å²) in [5.74, 6) is 0.0797. The SMILES string of the molecule is CCCCCN(C)c1snc(N)c1S(=O)(=O)N(C)C. The zero-order valence-electron chi connectivity index (χ0n) is 11.9. The summed E-state index contributed by atoms with van der Waals surface area (Å²) in [6.07, 6.45) is 3.27. The van der Waals surface area contributed by atoms with Gasteiger partial charge in [0.1, 0.15) is 5.00 Å². The van der Waals surface area contributed by atoms with Gasteiger partial charge in [-0.25, -0.2) is 12.7 Å². The molecule has 0 radical (unpaired) electrons. The molecular weight excluding hydrogens is 284 g/mol. The lowest BCUT2D eigenvalue weighted by Gasteiger charge is -2.19. The third-order valence-electron chi connectivity index (χ3n) is 2.84. The van der Waals surface area contributed by atoms with Gasteiger partial charge in [-0.2, -0.15) is 4.37 Å². The van der Waals surface area contributed by atoms with Gasteiger partial charge >= 0.3 is 0 Å². The number of aromatic nitrogens is 1. The third kappa shape index (κ3) is 3.58. The lowest BCUT2D eigenvalue weighted by molar-refractivity contribution is 0.521. The van der Waals surface area contributed by atoms with Crippen molar-refractivity contribution in [2.45, 2.75) is 31.1 Å². The van der Waals surface area contributed by atoms with Crippen LogP contribution < -0.4 is 10.6 Å². The van der Waals surface area contributed by atoms with Crippen LogP contribution in [0.5, 0.6) is 0 Å². The molecule has 0 aliphatic carbocycles. The molecule has 0 saturated heterocycles. The summed E-state index contributed by atoms with van der Waals surface area (Å²) in [6, 6.07) is 0. The molecule has 6 nitrogen and oxygen atoms in total. The zero-order valence-corrected chi connectivity index (χ0v) is 13.5. The van der Waals surface area contributed by atoms with E-state index >= 15 is 0 Å². The molecule has 0 aromatic carbocycles. The molecule has 0 atom stereocenters. The first kappa shape index (κ1) is 16.2. The lowest BCUT2D eigenvalue weighted by Crippen LogP contribution is -2.26. The van der Waals surface area contributed by atoms with Crippen LogP contribution in [0.2, 0.25) is 0 Å². The van der Waals surface area contributed by atoms with Crippen molar-refractivity contribution in [1.29, 1.82) is 0 Å². The Hall–Kier alpha value is -0.860. The van der Waals surface area contributed by atoms with E-state index in [1.807, 2.05) is 11.9 Å². The van der Waals surface area contributed by atoms with E-state index in [0.29, 0.717) is 5.00 Å². The Morgan fingerprint density at radius 1 is 1.26 bits per heavy atom. The lowest BCUT2D eigenvalue weighted by atomic mass is 10.2. The summed E-state index contributed by atoms with van der Waals surface area (Å²) in [5, 5.41) is 0.613. The van der Waals surface area contributed by atoms with Gasteiger partial charge in [0.05, 0.1) is 0 Å². The summed E-state index contributed by atoms with van der Waals surface area (Å²) >= 11 is 1.13. The minimum atomic E-state index is -3.56. The maximum atomic E-state index is 12.3. The average molecular weight is 306 g/mol. The smallest absolute Gasteiger partial charge is 0.249 e. The van der Waals surface area contributed by atoms with Crippen LogP contribution in [0.1, 0.15) is 26.2 Å². The van der Waals surface area contributed by atoms with Gasteiger partial charge in [0.25, 0.3) is 0 Å². The first-order valence-corrected chi connectivity index (χ1v) is 8.42. The maximum absolute atomic E-state index is 12.3. The average Bonchev–Trinajstić information content (AvgIpc) is 2.71. The van der Waals surface area contributed by atoms with Crippen molar-refractivity contribution < 1.29 is 8.42 Å². The molecule has 0 unspecified atom stereocenters. The number of nitrogens with zero attached hydrogens (tertiary/aromatic N) is 3. The number of anilines is 2. The third-order valence-corrected chi connectivity index (χ3v) is 5.83. The fraction of sp³-hybridized carbons (Fsp3) is 0.727. The Kier molecular flexibility index (Phi) is 5.57. The van der Waals surface area contributed by atoms with E-state index in [1.165, 1.54) is 14.1 Å². The van der Waals surface area contributed by atoms with Crippen LogP contribution in [0.3, 0.4) is 0 Å². The molecule has 0 saturated carbocycles. The molecule has 1 heterocycles. The Bertz CT molecular complexity index is 511. The fourth-order valence-corrected chi connectivity index (χ4v) is 3.88. The minimum Gasteiger partial charge on any atom is -0.382 e. The van der Waals surface area contributed by atoms with E-state index in [2.05, 4.69) is 11.3 Å². The first-order chi connectivity index (χ1) is 8.82. The molecule has 0 aliphatic heterocycles. The number of nitrogen functional groups attached to an aromatic ring is 1. The highest BCUT2D eigenvalue weighted by Crippen LogP contribution is 2.35. The Morgan fingerprint density at radius 2 is 1.89 bits per heavy atom. The predicted molar refractivity (Wildman–Crippen MR) is 80.2 cm³/mol. The first-order valence-electron chi connectivity index (χ1n) is 6.21. The molecular formula is C11H22N4O2S2. The zero-order chi connectivity index (χ0) is 14.6. The van der Waals surface area contributed by atoms with Gasteiger partial charge in [-0.15, -0.1) is 0 Å². The molecule has 0 amide bonds. The van der Waals surface area contributed by atoms with Crippen LogP contribution in [-0.2, 0) is 10.0 Å². The quantitative estimate of drug-likeness (QED) is 0.774. The van der Waals surface area contributed by atoms with Gasteiger partial charge in [-0.3, -0.25) is 0 Å². The van der Waals surface area contributed by atoms with Gasteiger partial charge in [0.15, 0.2) is 10.7 Å². The molecule has 0 aliphatic rings. The predicted octanol–water partition coefficient (Wildman–Crippen LogP) is 1.60. The number of hydrogen-bond acceptors (Lipinski definition) is 6. The molecule has 0 spiro atoms. The fourth-order valence-electron chi connectivity index (χ4n) is 1.65. The highest BCUT2D eigenvalue weighted by atomic mass is 32.2. The molecule has 1 aromatic rings. The van der Waals surface area contributed by atoms with Gasteiger partial charge < -0.3 is 10.6 Å². The summed E-state index contributed by atoms with van der Waals surface area (Å²) in [5.41, 5.74) is 5.72. The van der Waals surface area contributed by atoms with E-state index < -0.39 is 10.0 Å². The van der Waals surface area contributed by atoms with Crippen molar-refractivity contribution in [1.82, 2.24) is 8.68 Å². The molecule has 1 rings (SSSR count). The van der Waals surface area contributed by atoms with Crippen LogP contribution in [-0.4, -0.2) is 44.8 Å². The largest absolute Gasteiger partial charge is 0.382 e. The number of hydrogen-bond donors (Lipinski definition) is 1. The van der Waals surface area contributed by atoms with Gasteiger partial charge in [0, 0.05) is 27.7 Å². The normalized spacial score (nSPS) is 12.1. The molecule has 1 aromatic heterocycles. The van der Waals surface area contributed by atoms with Crippen LogP contribution in [0.4, 0.5) is 10.8 Å². The second-order valence-electron chi connectivity index (χ2n) is 4.62. The van der Waals surface area contributed by atoms with Crippen molar-refractivity contribution >= 4 is 32.4 Å². The Balaban J connectivity index is 3.04. The molecule has 19 heavy (non-hydrogen) atoms. The monoisotopic (exact) mass is 306 g/mol. The van der Waals surface area contributed by atoms with E-state index in [9.17, 15) is 8.42 Å². The van der Waals surface area contributed by atoms with Crippen molar-refractivity contribution in [3.05, 3.63) is 0 Å². The maximum Gasteiger partial charge on any atom is 0.249 e. The van der Waals surface area contributed by atoms with Crippen molar-refractivity contribution in [3.8, 4) is 0 Å².